The van der Waals surface area contributed by atoms with Crippen LogP contribution in [0.1, 0.15) is 24.5 Å². The number of benzene rings is 2. The van der Waals surface area contributed by atoms with Gasteiger partial charge >= 0.3 is 0 Å². The van der Waals surface area contributed by atoms with Crippen LogP contribution in [-0.2, 0) is 22.6 Å². The highest BCUT2D eigenvalue weighted by atomic mass is 16.2. The third-order valence-electron chi connectivity index (χ3n) is 4.96. The average Bonchev–Trinajstić information content (AvgIpc) is 2.69. The summed E-state index contributed by atoms with van der Waals surface area (Å²) in [6, 6.07) is 18.1. The van der Waals surface area contributed by atoms with Crippen LogP contribution in [0, 0.1) is 0 Å². The van der Waals surface area contributed by atoms with Gasteiger partial charge in [0.05, 0.1) is 0 Å². The van der Waals surface area contributed by atoms with Gasteiger partial charge in [-0.2, -0.15) is 0 Å². The van der Waals surface area contributed by atoms with Gasteiger partial charge in [0.2, 0.25) is 11.8 Å². The Bertz CT molecular complexity index is 768. The van der Waals surface area contributed by atoms with E-state index in [0.29, 0.717) is 13.1 Å². The van der Waals surface area contributed by atoms with Gasteiger partial charge in [-0.1, -0.05) is 55.5 Å². The second-order valence-electron chi connectivity index (χ2n) is 6.88. The lowest BCUT2D eigenvalue weighted by Crippen LogP contribution is -2.48. The Kier molecular flexibility index (Phi) is 6.60. The second-order valence-corrected chi connectivity index (χ2v) is 6.88. The molecule has 0 saturated carbocycles. The summed E-state index contributed by atoms with van der Waals surface area (Å²) in [4.78, 5) is 28.9. The van der Waals surface area contributed by atoms with Crippen molar-refractivity contribution in [3.8, 4) is 0 Å². The standard InChI is InChI=1S/C22H27N3O2/c1-2-19-10-6-7-11-20(19)23-21(26)16-22(27)25-14-12-24(13-15-25)17-18-8-4-3-5-9-18/h3-11H,2,12-17H2,1H3,(H,23,26). The summed E-state index contributed by atoms with van der Waals surface area (Å²) < 4.78 is 0. The molecule has 1 N–H and O–H groups in total. The molecule has 0 unspecified atom stereocenters. The van der Waals surface area contributed by atoms with Gasteiger partial charge in [0.15, 0.2) is 0 Å². The lowest BCUT2D eigenvalue weighted by atomic mass is 10.1. The first kappa shape index (κ1) is 19.1. The average molecular weight is 365 g/mol. The molecule has 2 aromatic carbocycles. The Morgan fingerprint density at radius 3 is 2.30 bits per heavy atom. The predicted octanol–water partition coefficient (Wildman–Crippen LogP) is 2.92. The van der Waals surface area contributed by atoms with E-state index in [1.807, 2.05) is 49.4 Å². The van der Waals surface area contributed by atoms with Gasteiger partial charge in [-0.25, -0.2) is 0 Å². The zero-order valence-electron chi connectivity index (χ0n) is 15.9. The summed E-state index contributed by atoms with van der Waals surface area (Å²) in [6.07, 6.45) is 0.741. The molecule has 0 radical (unpaired) electrons. The number of carbonyl (C=O) groups excluding carboxylic acids is 2. The molecule has 27 heavy (non-hydrogen) atoms. The largest absolute Gasteiger partial charge is 0.340 e. The summed E-state index contributed by atoms with van der Waals surface area (Å²) in [5.74, 6) is -0.339. The lowest BCUT2D eigenvalue weighted by Gasteiger charge is -2.34. The summed E-state index contributed by atoms with van der Waals surface area (Å²) in [5, 5.41) is 2.88. The van der Waals surface area contributed by atoms with Crippen molar-refractivity contribution in [1.82, 2.24) is 9.80 Å². The number of nitrogens with zero attached hydrogens (tertiary/aromatic N) is 2. The fraction of sp³-hybridized carbons (Fsp3) is 0.364. The number of rotatable bonds is 6. The van der Waals surface area contributed by atoms with Crippen molar-refractivity contribution >= 4 is 17.5 Å². The van der Waals surface area contributed by atoms with E-state index in [2.05, 4.69) is 22.3 Å². The highest BCUT2D eigenvalue weighted by Gasteiger charge is 2.23. The normalized spacial score (nSPS) is 14.8. The molecule has 0 aromatic heterocycles. The minimum Gasteiger partial charge on any atom is -0.340 e. The lowest BCUT2D eigenvalue weighted by molar-refractivity contribution is -0.136. The van der Waals surface area contributed by atoms with E-state index in [0.717, 1.165) is 37.3 Å². The molecule has 1 aliphatic heterocycles. The van der Waals surface area contributed by atoms with Crippen LogP contribution in [0.2, 0.25) is 0 Å². The summed E-state index contributed by atoms with van der Waals surface area (Å²) in [7, 11) is 0. The Morgan fingerprint density at radius 2 is 1.59 bits per heavy atom. The molecule has 0 spiro atoms. The fourth-order valence-electron chi connectivity index (χ4n) is 3.39. The summed E-state index contributed by atoms with van der Waals surface area (Å²) in [5.41, 5.74) is 3.16. The van der Waals surface area contributed by atoms with Crippen molar-refractivity contribution < 1.29 is 9.59 Å². The zero-order valence-corrected chi connectivity index (χ0v) is 15.9. The van der Waals surface area contributed by atoms with Crippen LogP contribution in [0.25, 0.3) is 0 Å². The topological polar surface area (TPSA) is 52.7 Å². The number of carbonyl (C=O) groups is 2. The van der Waals surface area contributed by atoms with E-state index in [9.17, 15) is 9.59 Å². The number of hydrogen-bond donors (Lipinski definition) is 1. The van der Waals surface area contributed by atoms with Crippen LogP contribution >= 0.6 is 0 Å². The molecule has 1 heterocycles. The first-order valence-electron chi connectivity index (χ1n) is 9.57. The van der Waals surface area contributed by atoms with Gasteiger partial charge in [-0.3, -0.25) is 14.5 Å². The smallest absolute Gasteiger partial charge is 0.233 e. The highest BCUT2D eigenvalue weighted by Crippen LogP contribution is 2.16. The Hall–Kier alpha value is -2.66. The van der Waals surface area contributed by atoms with Crippen molar-refractivity contribution in [2.45, 2.75) is 26.3 Å². The van der Waals surface area contributed by atoms with Gasteiger partial charge in [-0.05, 0) is 23.6 Å². The molecule has 0 atom stereocenters. The molecule has 0 bridgehead atoms. The predicted molar refractivity (Wildman–Crippen MR) is 107 cm³/mol. The van der Waals surface area contributed by atoms with Crippen LogP contribution in [0.4, 0.5) is 5.69 Å². The van der Waals surface area contributed by atoms with E-state index < -0.39 is 0 Å². The SMILES string of the molecule is CCc1ccccc1NC(=O)CC(=O)N1CCN(Cc2ccccc2)CC1. The molecule has 1 saturated heterocycles. The van der Waals surface area contributed by atoms with Crippen LogP contribution in [-0.4, -0.2) is 47.8 Å². The summed E-state index contributed by atoms with van der Waals surface area (Å²) >= 11 is 0. The first-order valence-corrected chi connectivity index (χ1v) is 9.57. The molecular weight excluding hydrogens is 338 g/mol. The van der Waals surface area contributed by atoms with Crippen LogP contribution < -0.4 is 5.32 Å². The first-order chi connectivity index (χ1) is 13.2. The van der Waals surface area contributed by atoms with Crippen molar-refractivity contribution in [2.24, 2.45) is 0 Å². The molecule has 2 aromatic rings. The maximum atomic E-state index is 12.5. The van der Waals surface area contributed by atoms with Gasteiger partial charge in [0.1, 0.15) is 6.42 Å². The molecular formula is C22H27N3O2. The minimum absolute atomic E-state index is 0.0964. The zero-order chi connectivity index (χ0) is 19.1. The summed E-state index contributed by atoms with van der Waals surface area (Å²) in [6.45, 7) is 5.96. The van der Waals surface area contributed by atoms with Gasteiger partial charge < -0.3 is 10.2 Å². The van der Waals surface area contributed by atoms with Gasteiger partial charge in [0.25, 0.3) is 0 Å². The van der Waals surface area contributed by atoms with Crippen molar-refractivity contribution in [3.63, 3.8) is 0 Å². The van der Waals surface area contributed by atoms with E-state index in [1.54, 1.807) is 4.90 Å². The molecule has 5 heteroatoms. The number of anilines is 1. The Labute approximate surface area is 161 Å². The highest BCUT2D eigenvalue weighted by molar-refractivity contribution is 6.03. The quantitative estimate of drug-likeness (QED) is 0.801. The Balaban J connectivity index is 1.46. The maximum absolute atomic E-state index is 12.5. The monoisotopic (exact) mass is 365 g/mol. The molecule has 2 amide bonds. The number of hydrogen-bond acceptors (Lipinski definition) is 3. The number of piperazine rings is 1. The molecule has 1 aliphatic rings. The number of amides is 2. The second kappa shape index (κ2) is 9.33. The van der Waals surface area contributed by atoms with E-state index in [4.69, 9.17) is 0 Å². The van der Waals surface area contributed by atoms with Crippen LogP contribution in [0.3, 0.4) is 0 Å². The molecule has 0 aliphatic carbocycles. The third-order valence-corrected chi connectivity index (χ3v) is 4.96. The number of nitrogens with one attached hydrogen (secondary N) is 1. The Morgan fingerprint density at radius 1 is 0.926 bits per heavy atom. The van der Waals surface area contributed by atoms with Gasteiger partial charge in [0, 0.05) is 38.4 Å². The molecule has 3 rings (SSSR count). The van der Waals surface area contributed by atoms with Crippen molar-refractivity contribution in [1.29, 1.82) is 0 Å². The molecule has 142 valence electrons. The van der Waals surface area contributed by atoms with Crippen molar-refractivity contribution in [2.75, 3.05) is 31.5 Å². The maximum Gasteiger partial charge on any atom is 0.233 e. The molecule has 1 fully saturated rings. The van der Waals surface area contributed by atoms with Crippen LogP contribution in [0.5, 0.6) is 0 Å². The number of para-hydroxylation sites is 1. The third kappa shape index (κ3) is 5.41. The van der Waals surface area contributed by atoms with Gasteiger partial charge in [-0.15, -0.1) is 0 Å². The van der Waals surface area contributed by atoms with E-state index in [-0.39, 0.29) is 18.2 Å². The molecule has 5 nitrogen and oxygen atoms in total. The van der Waals surface area contributed by atoms with E-state index in [1.165, 1.54) is 5.56 Å². The minimum atomic E-state index is -0.243. The fourth-order valence-corrected chi connectivity index (χ4v) is 3.39. The van der Waals surface area contributed by atoms with Crippen molar-refractivity contribution in [3.05, 3.63) is 65.7 Å². The number of aryl methyl sites for hydroxylation is 1. The van der Waals surface area contributed by atoms with E-state index >= 15 is 0 Å². The van der Waals surface area contributed by atoms with Crippen LogP contribution in [0.15, 0.2) is 54.6 Å².